The molecule has 1 N–H and O–H groups in total. The fourth-order valence-corrected chi connectivity index (χ4v) is 3.81. The third kappa shape index (κ3) is 3.79. The number of amides is 2. The summed E-state index contributed by atoms with van der Waals surface area (Å²) >= 11 is 5.10. The van der Waals surface area contributed by atoms with Crippen molar-refractivity contribution in [2.75, 3.05) is 13.1 Å². The predicted molar refractivity (Wildman–Crippen MR) is 79.1 cm³/mol. The lowest BCUT2D eigenvalue weighted by atomic mass is 10.2. The van der Waals surface area contributed by atoms with Crippen LogP contribution in [0.3, 0.4) is 0 Å². The molecule has 1 atom stereocenters. The van der Waals surface area contributed by atoms with Crippen LogP contribution in [0.5, 0.6) is 0 Å². The minimum atomic E-state index is -0.271. The minimum absolute atomic E-state index is 0.0140. The van der Waals surface area contributed by atoms with Gasteiger partial charge in [-0.15, -0.1) is 11.3 Å². The van der Waals surface area contributed by atoms with Gasteiger partial charge < -0.3 is 10.2 Å². The second-order valence-corrected chi connectivity index (χ2v) is 7.16. The number of halogens is 1. The number of hydrogen-bond donors (Lipinski definition) is 1. The van der Waals surface area contributed by atoms with E-state index in [1.165, 1.54) is 11.8 Å². The van der Waals surface area contributed by atoms with Crippen molar-refractivity contribution in [1.29, 1.82) is 0 Å². The third-order valence-electron chi connectivity index (χ3n) is 3.26. The highest BCUT2D eigenvalue weighted by molar-refractivity contribution is 9.11. The molecule has 2 amide bonds. The van der Waals surface area contributed by atoms with Gasteiger partial charge in [0, 0.05) is 24.9 Å². The molecule has 6 heteroatoms. The van der Waals surface area contributed by atoms with Gasteiger partial charge in [-0.25, -0.2) is 0 Å². The van der Waals surface area contributed by atoms with Crippen molar-refractivity contribution >= 4 is 39.1 Å². The van der Waals surface area contributed by atoms with E-state index in [1.807, 2.05) is 6.07 Å². The largest absolute Gasteiger partial charge is 0.354 e. The predicted octanol–water partition coefficient (Wildman–Crippen LogP) is 2.18. The number of thiophene rings is 1. The molecule has 1 aliphatic rings. The zero-order valence-corrected chi connectivity index (χ0v) is 13.2. The normalized spacial score (nSPS) is 18.6. The van der Waals surface area contributed by atoms with E-state index in [0.29, 0.717) is 13.1 Å². The Morgan fingerprint density at radius 1 is 1.53 bits per heavy atom. The second kappa shape index (κ2) is 6.52. The second-order valence-electron chi connectivity index (χ2n) is 4.62. The van der Waals surface area contributed by atoms with Crippen molar-refractivity contribution in [2.45, 2.75) is 32.2 Å². The molecule has 104 valence electrons. The first-order valence-electron chi connectivity index (χ1n) is 6.37. The molecule has 0 spiro atoms. The molecule has 1 saturated heterocycles. The van der Waals surface area contributed by atoms with E-state index in [1.54, 1.807) is 16.2 Å². The Morgan fingerprint density at radius 3 is 2.95 bits per heavy atom. The summed E-state index contributed by atoms with van der Waals surface area (Å²) in [6.45, 7) is 2.84. The van der Waals surface area contributed by atoms with Crippen LogP contribution in [0.4, 0.5) is 0 Å². The van der Waals surface area contributed by atoms with Crippen LogP contribution in [0.2, 0.25) is 0 Å². The molecule has 2 rings (SSSR count). The molecular formula is C13H17BrN2O2S. The van der Waals surface area contributed by atoms with Gasteiger partial charge in [0.25, 0.3) is 0 Å². The number of carbonyl (C=O) groups excluding carboxylic acids is 2. The van der Waals surface area contributed by atoms with Crippen molar-refractivity contribution in [3.8, 4) is 0 Å². The summed E-state index contributed by atoms with van der Waals surface area (Å²) in [7, 11) is 0. The van der Waals surface area contributed by atoms with Crippen LogP contribution in [0, 0.1) is 0 Å². The van der Waals surface area contributed by atoms with Crippen molar-refractivity contribution in [2.24, 2.45) is 0 Å². The van der Waals surface area contributed by atoms with Gasteiger partial charge in [0.1, 0.15) is 6.04 Å². The van der Waals surface area contributed by atoms with E-state index in [-0.39, 0.29) is 17.9 Å². The monoisotopic (exact) mass is 344 g/mol. The average molecular weight is 345 g/mol. The van der Waals surface area contributed by atoms with Crippen molar-refractivity contribution in [3.63, 3.8) is 0 Å². The van der Waals surface area contributed by atoms with Crippen molar-refractivity contribution in [1.82, 2.24) is 10.2 Å². The maximum absolute atomic E-state index is 12.0. The summed E-state index contributed by atoms with van der Waals surface area (Å²) < 4.78 is 1.10. The molecule has 4 nitrogen and oxygen atoms in total. The summed E-state index contributed by atoms with van der Waals surface area (Å²) in [5.74, 6) is -0.0387. The average Bonchev–Trinajstić information content (AvgIpc) is 2.97. The van der Waals surface area contributed by atoms with Gasteiger partial charge >= 0.3 is 0 Å². The summed E-state index contributed by atoms with van der Waals surface area (Å²) in [6, 6.07) is 3.79. The Morgan fingerprint density at radius 2 is 2.32 bits per heavy atom. The molecule has 1 aliphatic heterocycles. The summed E-state index contributed by atoms with van der Waals surface area (Å²) in [5, 5.41) is 2.93. The van der Waals surface area contributed by atoms with Crippen molar-refractivity contribution in [3.05, 3.63) is 20.8 Å². The number of nitrogens with zero attached hydrogens (tertiary/aromatic N) is 1. The molecule has 0 saturated carbocycles. The van der Waals surface area contributed by atoms with Gasteiger partial charge in [-0.1, -0.05) is 0 Å². The van der Waals surface area contributed by atoms with Gasteiger partial charge in [0.2, 0.25) is 11.8 Å². The van der Waals surface area contributed by atoms with Gasteiger partial charge in [0.05, 0.1) is 3.79 Å². The first-order chi connectivity index (χ1) is 9.08. The molecule has 1 aromatic rings. The van der Waals surface area contributed by atoms with Crippen molar-refractivity contribution < 1.29 is 9.59 Å². The zero-order valence-electron chi connectivity index (χ0n) is 10.8. The Kier molecular flexibility index (Phi) is 4.99. The van der Waals surface area contributed by atoms with E-state index >= 15 is 0 Å². The molecule has 2 heterocycles. The molecule has 0 aliphatic carbocycles. The molecule has 0 radical (unpaired) electrons. The quantitative estimate of drug-likeness (QED) is 0.909. The number of nitrogens with one attached hydrogen (secondary N) is 1. The highest BCUT2D eigenvalue weighted by Gasteiger charge is 2.31. The highest BCUT2D eigenvalue weighted by Crippen LogP contribution is 2.22. The lowest BCUT2D eigenvalue weighted by Gasteiger charge is -2.22. The van der Waals surface area contributed by atoms with Crippen LogP contribution in [0.15, 0.2) is 15.9 Å². The molecule has 1 unspecified atom stereocenters. The Bertz CT molecular complexity index is 475. The molecular weight excluding hydrogens is 328 g/mol. The number of hydrogen-bond acceptors (Lipinski definition) is 3. The summed E-state index contributed by atoms with van der Waals surface area (Å²) in [6.07, 6.45) is 2.51. The maximum Gasteiger partial charge on any atom is 0.242 e. The lowest BCUT2D eigenvalue weighted by Crippen LogP contribution is -2.45. The number of likely N-dealkylation sites (tertiary alicyclic amines) is 1. The molecule has 19 heavy (non-hydrogen) atoms. The van der Waals surface area contributed by atoms with E-state index < -0.39 is 0 Å². The lowest BCUT2D eigenvalue weighted by molar-refractivity contribution is -0.136. The van der Waals surface area contributed by atoms with Crippen LogP contribution in [0.25, 0.3) is 0 Å². The maximum atomic E-state index is 12.0. The smallest absolute Gasteiger partial charge is 0.242 e. The first-order valence-corrected chi connectivity index (χ1v) is 7.98. The highest BCUT2D eigenvalue weighted by atomic mass is 79.9. The fraction of sp³-hybridized carbons (Fsp3) is 0.538. The standard InChI is InChI=1S/C13H17BrN2O2S/c1-9(17)16-8-2-3-11(16)13(18)15-7-6-10-4-5-12(14)19-10/h4-5,11H,2-3,6-8H2,1H3,(H,15,18). The van der Waals surface area contributed by atoms with Gasteiger partial charge in [-0.2, -0.15) is 0 Å². The van der Waals surface area contributed by atoms with E-state index in [9.17, 15) is 9.59 Å². The van der Waals surface area contributed by atoms with Crippen LogP contribution in [-0.2, 0) is 16.0 Å². The Balaban J connectivity index is 1.79. The Hall–Kier alpha value is -0.880. The van der Waals surface area contributed by atoms with Gasteiger partial charge in [0.15, 0.2) is 0 Å². The zero-order chi connectivity index (χ0) is 13.8. The van der Waals surface area contributed by atoms with Crippen LogP contribution in [-0.4, -0.2) is 35.8 Å². The Labute approximate surface area is 125 Å². The van der Waals surface area contributed by atoms with Crippen LogP contribution in [0.1, 0.15) is 24.6 Å². The van der Waals surface area contributed by atoms with E-state index in [4.69, 9.17) is 0 Å². The summed E-state index contributed by atoms with van der Waals surface area (Å²) in [4.78, 5) is 26.3. The third-order valence-corrected chi connectivity index (χ3v) is 4.94. The molecule has 1 aromatic heterocycles. The van der Waals surface area contributed by atoms with Gasteiger partial charge in [-0.3, -0.25) is 9.59 Å². The minimum Gasteiger partial charge on any atom is -0.354 e. The van der Waals surface area contributed by atoms with E-state index in [0.717, 1.165) is 23.0 Å². The fourth-order valence-electron chi connectivity index (χ4n) is 2.33. The molecule has 0 bridgehead atoms. The van der Waals surface area contributed by atoms with Crippen LogP contribution >= 0.6 is 27.3 Å². The number of carbonyl (C=O) groups is 2. The topological polar surface area (TPSA) is 49.4 Å². The first kappa shape index (κ1) is 14.5. The van der Waals surface area contributed by atoms with E-state index in [2.05, 4.69) is 27.3 Å². The molecule has 0 aromatic carbocycles. The van der Waals surface area contributed by atoms with Crippen LogP contribution < -0.4 is 5.32 Å². The SMILES string of the molecule is CC(=O)N1CCCC1C(=O)NCCc1ccc(Br)s1. The number of rotatable bonds is 4. The van der Waals surface area contributed by atoms with Gasteiger partial charge in [-0.05, 0) is 47.3 Å². The summed E-state index contributed by atoms with van der Waals surface area (Å²) in [5.41, 5.74) is 0. The molecule has 1 fully saturated rings.